The quantitative estimate of drug-likeness (QED) is 0.112. The van der Waals surface area contributed by atoms with Gasteiger partial charge in [0.2, 0.25) is 12.6 Å². The molecule has 0 aliphatic heterocycles. The minimum absolute atomic E-state index is 0.0678. The van der Waals surface area contributed by atoms with Crippen LogP contribution in [0.1, 0.15) is 67.5 Å². The average Bonchev–Trinajstić information content (AvgIpc) is 3.82. The van der Waals surface area contributed by atoms with Gasteiger partial charge in [-0.05, 0) is 42.8 Å². The number of aliphatic hydroxyl groups is 1. The third-order valence-electron chi connectivity index (χ3n) is 8.31. The molecule has 12 nitrogen and oxygen atoms in total. The minimum Gasteiger partial charge on any atom is -0.461 e. The number of benzene rings is 2. The summed E-state index contributed by atoms with van der Waals surface area (Å²) in [7, 11) is 1.48. The standard InChI is InChI=1S/C36H36F2N7O5S/c1-5-7-32(46)49-18-27-8-6-15-40-33(27)43(4)35(47)50-24(3)44-21-41-45(22-44)20-36(48,29-16-28(37)13-14-30(29)38)23(2)34-42-31(19-51-34)26-11-9-25(17-39)10-12-26/h6,8-16,19,21-24,48H,5,7,18,20H2,1-4H3/q+1/t23-,24?,36+/m0/s1. The summed E-state index contributed by atoms with van der Waals surface area (Å²) >= 11 is 1.25. The van der Waals surface area contributed by atoms with Crippen LogP contribution in [0.25, 0.3) is 11.3 Å². The first-order chi connectivity index (χ1) is 24.4. The van der Waals surface area contributed by atoms with E-state index in [2.05, 4.69) is 16.2 Å². The highest BCUT2D eigenvalue weighted by Crippen LogP contribution is 2.41. The summed E-state index contributed by atoms with van der Waals surface area (Å²) in [6, 6.07) is 15.2. The second-order valence-corrected chi connectivity index (χ2v) is 12.8. The molecule has 0 fully saturated rings. The maximum atomic E-state index is 15.3. The Kier molecular flexibility index (Phi) is 11.5. The van der Waals surface area contributed by atoms with Crippen molar-refractivity contribution >= 4 is 29.2 Å². The predicted molar refractivity (Wildman–Crippen MR) is 182 cm³/mol. The molecular weight excluding hydrogens is 681 g/mol. The molecular formula is C36H36F2N7O5S+. The lowest BCUT2D eigenvalue weighted by Gasteiger charge is -2.32. The van der Waals surface area contributed by atoms with Gasteiger partial charge in [-0.15, -0.1) is 16.0 Å². The summed E-state index contributed by atoms with van der Waals surface area (Å²) in [6.45, 7) is 4.75. The number of aromatic nitrogens is 5. The molecule has 1 unspecified atom stereocenters. The van der Waals surface area contributed by atoms with Crippen LogP contribution in [0.4, 0.5) is 19.4 Å². The first-order valence-corrected chi connectivity index (χ1v) is 16.9. The fourth-order valence-corrected chi connectivity index (χ4v) is 6.30. The van der Waals surface area contributed by atoms with Gasteiger partial charge in [-0.2, -0.15) is 9.83 Å². The third-order valence-corrected chi connectivity index (χ3v) is 9.34. The van der Waals surface area contributed by atoms with Gasteiger partial charge in [-0.1, -0.05) is 32.0 Å². The SMILES string of the molecule is CCCC(=O)OCc1cccnc1N(C)C(=O)OC(C)[n+]1cnn(C[C@](O)(c2cc(F)ccc2F)[C@@H](C)c2nc(-c3ccc(C#N)cc3)cs2)c1. The summed E-state index contributed by atoms with van der Waals surface area (Å²) in [5.41, 5.74) is 0.0424. The molecule has 0 bridgehead atoms. The molecule has 0 spiro atoms. The number of rotatable bonds is 13. The fraction of sp³-hybridized carbons (Fsp3) is 0.306. The molecule has 0 saturated carbocycles. The highest BCUT2D eigenvalue weighted by molar-refractivity contribution is 7.10. The summed E-state index contributed by atoms with van der Waals surface area (Å²) in [6.07, 6.45) is 3.61. The molecule has 0 aliphatic rings. The Hall–Kier alpha value is -5.59. The van der Waals surface area contributed by atoms with E-state index >= 15 is 4.39 Å². The molecule has 0 saturated heterocycles. The van der Waals surface area contributed by atoms with Crippen molar-refractivity contribution in [1.29, 1.82) is 5.26 Å². The molecule has 15 heteroatoms. The van der Waals surface area contributed by atoms with Crippen molar-refractivity contribution in [3.63, 3.8) is 0 Å². The van der Waals surface area contributed by atoms with Crippen molar-refractivity contribution in [3.8, 4) is 17.3 Å². The van der Waals surface area contributed by atoms with E-state index in [0.29, 0.717) is 28.2 Å². The monoisotopic (exact) mass is 716 g/mol. The van der Waals surface area contributed by atoms with Crippen LogP contribution in [-0.2, 0) is 33.0 Å². The first-order valence-electron chi connectivity index (χ1n) is 16.0. The molecule has 51 heavy (non-hydrogen) atoms. The van der Waals surface area contributed by atoms with E-state index in [1.807, 2.05) is 6.92 Å². The Bertz CT molecular complexity index is 2050. The number of thiazole rings is 1. The van der Waals surface area contributed by atoms with E-state index in [9.17, 15) is 19.1 Å². The zero-order valence-corrected chi connectivity index (χ0v) is 29.2. The van der Waals surface area contributed by atoms with Crippen molar-refractivity contribution in [1.82, 2.24) is 19.7 Å². The molecule has 0 aliphatic carbocycles. The predicted octanol–water partition coefficient (Wildman–Crippen LogP) is 6.17. The van der Waals surface area contributed by atoms with E-state index in [1.165, 1.54) is 51.4 Å². The maximum absolute atomic E-state index is 15.3. The third kappa shape index (κ3) is 8.42. The lowest BCUT2D eigenvalue weighted by molar-refractivity contribution is -0.753. The Morgan fingerprint density at radius 1 is 1.18 bits per heavy atom. The lowest BCUT2D eigenvalue weighted by atomic mass is 9.82. The van der Waals surface area contributed by atoms with Crippen molar-refractivity contribution in [2.24, 2.45) is 0 Å². The number of hydrogen-bond donors (Lipinski definition) is 1. The molecule has 264 valence electrons. The van der Waals surface area contributed by atoms with Crippen molar-refractivity contribution in [2.75, 3.05) is 11.9 Å². The molecule has 0 radical (unpaired) electrons. The Morgan fingerprint density at radius 2 is 1.94 bits per heavy atom. The number of nitrogens with zero attached hydrogens (tertiary/aromatic N) is 7. The fourth-order valence-electron chi connectivity index (χ4n) is 5.33. The highest BCUT2D eigenvalue weighted by atomic mass is 32.1. The van der Waals surface area contributed by atoms with Crippen LogP contribution in [0.2, 0.25) is 0 Å². The van der Waals surface area contributed by atoms with Gasteiger partial charge in [0.1, 0.15) is 36.2 Å². The molecule has 3 atom stereocenters. The topological polar surface area (TPSA) is 147 Å². The Morgan fingerprint density at radius 3 is 2.67 bits per heavy atom. The number of hydrogen-bond acceptors (Lipinski definition) is 10. The second kappa shape index (κ2) is 16.0. The molecule has 5 rings (SSSR count). The van der Waals surface area contributed by atoms with Crippen LogP contribution in [0, 0.1) is 23.0 Å². The summed E-state index contributed by atoms with van der Waals surface area (Å²) in [4.78, 5) is 35.2. The number of esters is 1. The summed E-state index contributed by atoms with van der Waals surface area (Å²) in [5.74, 6) is -2.50. The smallest absolute Gasteiger partial charge is 0.418 e. The van der Waals surface area contributed by atoms with Gasteiger partial charge in [0, 0.05) is 59.7 Å². The van der Waals surface area contributed by atoms with E-state index < -0.39 is 35.5 Å². The number of nitriles is 1. The lowest BCUT2D eigenvalue weighted by Crippen LogP contribution is -2.42. The van der Waals surface area contributed by atoms with Crippen LogP contribution in [-0.4, -0.2) is 44.0 Å². The van der Waals surface area contributed by atoms with Crippen LogP contribution < -0.4 is 9.47 Å². The molecule has 1 N–H and O–H groups in total. The van der Waals surface area contributed by atoms with Gasteiger partial charge < -0.3 is 14.6 Å². The molecule has 5 aromatic rings. The zero-order valence-electron chi connectivity index (χ0n) is 28.4. The van der Waals surface area contributed by atoms with Crippen LogP contribution in [0.5, 0.6) is 0 Å². The number of ether oxygens (including phenoxy) is 2. The van der Waals surface area contributed by atoms with Crippen molar-refractivity contribution < 1.29 is 37.5 Å². The number of anilines is 1. The zero-order chi connectivity index (χ0) is 36.7. The highest BCUT2D eigenvalue weighted by Gasteiger charge is 2.43. The number of carbonyl (C=O) groups excluding carboxylic acids is 2. The number of halogens is 2. The molecule has 3 aromatic heterocycles. The second-order valence-electron chi connectivity index (χ2n) is 11.9. The first kappa shape index (κ1) is 36.7. The van der Waals surface area contributed by atoms with Crippen molar-refractivity contribution in [2.45, 2.75) is 64.5 Å². The van der Waals surface area contributed by atoms with Crippen LogP contribution >= 0.6 is 11.3 Å². The number of pyridine rings is 1. The van der Waals surface area contributed by atoms with E-state index in [-0.39, 0.29) is 36.9 Å². The summed E-state index contributed by atoms with van der Waals surface area (Å²) < 4.78 is 43.6. The van der Waals surface area contributed by atoms with E-state index in [0.717, 1.165) is 23.8 Å². The van der Waals surface area contributed by atoms with Gasteiger partial charge >= 0.3 is 12.1 Å². The average molecular weight is 717 g/mol. The van der Waals surface area contributed by atoms with E-state index in [1.54, 1.807) is 55.6 Å². The van der Waals surface area contributed by atoms with Gasteiger partial charge in [0.05, 0.1) is 22.3 Å². The largest absolute Gasteiger partial charge is 0.461 e. The number of carbonyl (C=O) groups is 2. The van der Waals surface area contributed by atoms with Gasteiger partial charge in [0.25, 0.3) is 6.33 Å². The van der Waals surface area contributed by atoms with Gasteiger partial charge in [-0.25, -0.2) is 23.5 Å². The maximum Gasteiger partial charge on any atom is 0.418 e. The number of amides is 1. The molecule has 1 amide bonds. The van der Waals surface area contributed by atoms with Crippen LogP contribution in [0.3, 0.4) is 0 Å². The van der Waals surface area contributed by atoms with E-state index in [4.69, 9.17) is 19.7 Å². The summed E-state index contributed by atoms with van der Waals surface area (Å²) in [5, 5.41) is 28.0. The van der Waals surface area contributed by atoms with Gasteiger partial charge in [0.15, 0.2) is 0 Å². The Balaban J connectivity index is 1.35. The molecule has 3 heterocycles. The minimum atomic E-state index is -2.04. The molecule has 2 aromatic carbocycles. The normalized spacial score (nSPS) is 13.5. The van der Waals surface area contributed by atoms with Crippen molar-refractivity contribution in [3.05, 3.63) is 112 Å². The Labute approximate surface area is 297 Å². The van der Waals surface area contributed by atoms with Gasteiger partial charge in [-0.3, -0.25) is 9.69 Å². The van der Waals surface area contributed by atoms with Crippen LogP contribution in [0.15, 0.2) is 78.8 Å².